The number of aryl methyl sites for hydroxylation is 1. The summed E-state index contributed by atoms with van der Waals surface area (Å²) in [5.74, 6) is 1.61. The molecule has 1 aliphatic heterocycles. The summed E-state index contributed by atoms with van der Waals surface area (Å²) < 4.78 is 0. The van der Waals surface area contributed by atoms with Gasteiger partial charge < -0.3 is 10.6 Å². The Balaban J connectivity index is 1.86. The van der Waals surface area contributed by atoms with Gasteiger partial charge in [0.1, 0.15) is 5.82 Å². The van der Waals surface area contributed by atoms with E-state index in [0.717, 1.165) is 24.4 Å². The van der Waals surface area contributed by atoms with Gasteiger partial charge in [-0.1, -0.05) is 0 Å². The Kier molecular flexibility index (Phi) is 3.31. The minimum absolute atomic E-state index is 0.103. The second-order valence-corrected chi connectivity index (χ2v) is 6.32. The van der Waals surface area contributed by atoms with E-state index in [4.69, 9.17) is 10.7 Å². The molecule has 0 unspecified atom stereocenters. The van der Waals surface area contributed by atoms with Crippen LogP contribution >= 0.6 is 0 Å². The highest BCUT2D eigenvalue weighted by Crippen LogP contribution is 2.46. The highest BCUT2D eigenvalue weighted by Gasteiger charge is 2.46. The Morgan fingerprint density at radius 2 is 2.00 bits per heavy atom. The molecule has 1 saturated carbocycles. The van der Waals surface area contributed by atoms with Gasteiger partial charge in [0.15, 0.2) is 0 Å². The van der Waals surface area contributed by atoms with Gasteiger partial charge in [0.25, 0.3) is 0 Å². The lowest BCUT2D eigenvalue weighted by Gasteiger charge is -2.29. The zero-order chi connectivity index (χ0) is 13.5. The smallest absolute Gasteiger partial charge is 0.136 e. The van der Waals surface area contributed by atoms with Crippen LogP contribution in [0.15, 0.2) is 6.07 Å². The van der Waals surface area contributed by atoms with Crippen molar-refractivity contribution < 1.29 is 0 Å². The number of nitrogens with two attached hydrogens (primary N) is 1. The van der Waals surface area contributed by atoms with Crippen LogP contribution < -0.4 is 5.73 Å². The lowest BCUT2D eigenvalue weighted by Crippen LogP contribution is -2.30. The minimum Gasteiger partial charge on any atom is -0.329 e. The van der Waals surface area contributed by atoms with Crippen molar-refractivity contribution in [3.8, 4) is 0 Å². The first-order valence-corrected chi connectivity index (χ1v) is 7.38. The van der Waals surface area contributed by atoms with E-state index in [-0.39, 0.29) is 5.41 Å². The molecule has 19 heavy (non-hydrogen) atoms. The normalized spacial score (nSPS) is 23.5. The molecular formula is C15H24N4. The summed E-state index contributed by atoms with van der Waals surface area (Å²) in [7, 11) is 2.19. The molecule has 4 heteroatoms. The summed E-state index contributed by atoms with van der Waals surface area (Å²) in [4.78, 5) is 11.9. The molecule has 0 amide bonds. The Labute approximate surface area is 115 Å². The first-order chi connectivity index (χ1) is 9.13. The molecule has 2 fully saturated rings. The first-order valence-electron chi connectivity index (χ1n) is 7.38. The van der Waals surface area contributed by atoms with Gasteiger partial charge in [-0.3, -0.25) is 0 Å². The number of rotatable bonds is 3. The maximum absolute atomic E-state index is 5.91. The monoisotopic (exact) mass is 260 g/mol. The summed E-state index contributed by atoms with van der Waals surface area (Å²) in [5.41, 5.74) is 8.36. The summed E-state index contributed by atoms with van der Waals surface area (Å²) in [6.07, 6.45) is 4.73. The molecule has 3 rings (SSSR count). The third-order valence-electron chi connectivity index (χ3n) is 4.73. The maximum atomic E-state index is 5.91. The molecule has 0 radical (unpaired) electrons. The third-order valence-corrected chi connectivity index (χ3v) is 4.73. The van der Waals surface area contributed by atoms with Gasteiger partial charge >= 0.3 is 0 Å². The van der Waals surface area contributed by atoms with Crippen LogP contribution in [0.4, 0.5) is 0 Å². The molecule has 1 aliphatic carbocycles. The molecule has 2 heterocycles. The van der Waals surface area contributed by atoms with Crippen molar-refractivity contribution in [3.05, 3.63) is 23.3 Å². The van der Waals surface area contributed by atoms with Crippen LogP contribution in [0.2, 0.25) is 0 Å². The zero-order valence-corrected chi connectivity index (χ0v) is 12.0. The van der Waals surface area contributed by atoms with E-state index in [9.17, 15) is 0 Å². The third kappa shape index (κ3) is 2.51. The molecule has 2 N–H and O–H groups in total. The van der Waals surface area contributed by atoms with Crippen molar-refractivity contribution >= 4 is 0 Å². The van der Waals surface area contributed by atoms with Crippen LogP contribution in [0, 0.1) is 6.92 Å². The van der Waals surface area contributed by atoms with E-state index in [2.05, 4.69) is 29.9 Å². The van der Waals surface area contributed by atoms with Crippen molar-refractivity contribution in [2.75, 3.05) is 26.7 Å². The number of piperidine rings is 1. The molecule has 1 saturated heterocycles. The average molecular weight is 260 g/mol. The quantitative estimate of drug-likeness (QED) is 0.896. The van der Waals surface area contributed by atoms with E-state index in [1.165, 1.54) is 31.6 Å². The van der Waals surface area contributed by atoms with Gasteiger partial charge in [-0.2, -0.15) is 0 Å². The van der Waals surface area contributed by atoms with E-state index >= 15 is 0 Å². The van der Waals surface area contributed by atoms with Gasteiger partial charge in [0, 0.05) is 29.3 Å². The molecule has 104 valence electrons. The molecule has 4 nitrogen and oxygen atoms in total. The molecule has 0 atom stereocenters. The summed E-state index contributed by atoms with van der Waals surface area (Å²) in [6.45, 7) is 5.11. The van der Waals surface area contributed by atoms with Crippen LogP contribution in [-0.2, 0) is 5.41 Å². The molecule has 0 bridgehead atoms. The molecular weight excluding hydrogens is 236 g/mol. The number of nitrogens with zero attached hydrogens (tertiary/aromatic N) is 3. The summed E-state index contributed by atoms with van der Waals surface area (Å²) >= 11 is 0. The molecule has 0 spiro atoms. The summed E-state index contributed by atoms with van der Waals surface area (Å²) in [6, 6.07) is 2.17. The Hall–Kier alpha value is -1.00. The van der Waals surface area contributed by atoms with Crippen LogP contribution in [-0.4, -0.2) is 41.5 Å². The molecule has 0 aromatic carbocycles. The number of hydrogen-bond acceptors (Lipinski definition) is 4. The molecule has 2 aliphatic rings. The fourth-order valence-corrected chi connectivity index (χ4v) is 3.01. The van der Waals surface area contributed by atoms with Gasteiger partial charge in [-0.25, -0.2) is 9.97 Å². The molecule has 1 aromatic rings. The van der Waals surface area contributed by atoms with Gasteiger partial charge in [0.2, 0.25) is 0 Å². The standard InChI is InChI=1S/C15H24N4/c1-11-9-13(12-3-7-19(2)8-4-12)18-14(17-11)15(10-16)5-6-15/h9,12H,3-8,10,16H2,1-2H3. The predicted octanol–water partition coefficient (Wildman–Crippen LogP) is 1.58. The van der Waals surface area contributed by atoms with Crippen molar-refractivity contribution in [2.45, 2.75) is 43.9 Å². The maximum Gasteiger partial charge on any atom is 0.136 e. The van der Waals surface area contributed by atoms with Crippen molar-refractivity contribution in [1.82, 2.24) is 14.9 Å². The van der Waals surface area contributed by atoms with Gasteiger partial charge in [-0.15, -0.1) is 0 Å². The highest BCUT2D eigenvalue weighted by atomic mass is 15.1. The Bertz CT molecular complexity index is 459. The van der Waals surface area contributed by atoms with Crippen molar-refractivity contribution in [1.29, 1.82) is 0 Å². The largest absolute Gasteiger partial charge is 0.329 e. The zero-order valence-electron chi connectivity index (χ0n) is 12.0. The summed E-state index contributed by atoms with van der Waals surface area (Å²) in [5, 5.41) is 0. The van der Waals surface area contributed by atoms with Crippen LogP contribution in [0.5, 0.6) is 0 Å². The van der Waals surface area contributed by atoms with Crippen LogP contribution in [0.25, 0.3) is 0 Å². The number of likely N-dealkylation sites (tertiary alicyclic amines) is 1. The van der Waals surface area contributed by atoms with E-state index in [1.807, 2.05) is 0 Å². The molecule has 1 aromatic heterocycles. The number of aromatic nitrogens is 2. The van der Waals surface area contributed by atoms with Crippen LogP contribution in [0.3, 0.4) is 0 Å². The van der Waals surface area contributed by atoms with E-state index < -0.39 is 0 Å². The lowest BCUT2D eigenvalue weighted by atomic mass is 9.93. The highest BCUT2D eigenvalue weighted by molar-refractivity contribution is 5.24. The van der Waals surface area contributed by atoms with Crippen molar-refractivity contribution in [2.24, 2.45) is 5.73 Å². The van der Waals surface area contributed by atoms with Gasteiger partial charge in [0.05, 0.1) is 0 Å². The minimum atomic E-state index is 0.103. The first kappa shape index (κ1) is 13.0. The van der Waals surface area contributed by atoms with Gasteiger partial charge in [-0.05, 0) is 58.8 Å². The topological polar surface area (TPSA) is 55.0 Å². The fourth-order valence-electron chi connectivity index (χ4n) is 3.01. The second-order valence-electron chi connectivity index (χ2n) is 6.32. The number of hydrogen-bond donors (Lipinski definition) is 1. The SMILES string of the molecule is Cc1cc(C2CCN(C)CC2)nc(C2(CN)CC2)n1. The lowest BCUT2D eigenvalue weighted by molar-refractivity contribution is 0.253. The van der Waals surface area contributed by atoms with E-state index in [1.54, 1.807) is 0 Å². The average Bonchev–Trinajstić information content (AvgIpc) is 3.20. The Morgan fingerprint density at radius 3 is 2.58 bits per heavy atom. The second kappa shape index (κ2) is 4.84. The fraction of sp³-hybridized carbons (Fsp3) is 0.733. The van der Waals surface area contributed by atoms with E-state index in [0.29, 0.717) is 12.5 Å². The van der Waals surface area contributed by atoms with Crippen LogP contribution in [0.1, 0.15) is 48.8 Å². The predicted molar refractivity (Wildman–Crippen MR) is 76.2 cm³/mol. The Morgan fingerprint density at radius 1 is 1.32 bits per heavy atom. The van der Waals surface area contributed by atoms with Crippen molar-refractivity contribution in [3.63, 3.8) is 0 Å².